The van der Waals surface area contributed by atoms with E-state index >= 15 is 0 Å². The number of nitrogens with two attached hydrogens (primary N) is 1. The third-order valence-corrected chi connectivity index (χ3v) is 3.49. The predicted molar refractivity (Wildman–Crippen MR) is 70.6 cm³/mol. The van der Waals surface area contributed by atoms with E-state index in [1.807, 2.05) is 0 Å². The number of piperazine rings is 1. The van der Waals surface area contributed by atoms with Crippen molar-refractivity contribution >= 4 is 0 Å². The van der Waals surface area contributed by atoms with Crippen LogP contribution in [0.2, 0.25) is 0 Å². The van der Waals surface area contributed by atoms with Gasteiger partial charge in [0.25, 0.3) is 0 Å². The molecule has 3 nitrogen and oxygen atoms in total. The summed E-state index contributed by atoms with van der Waals surface area (Å²) >= 11 is 0. The number of hydrogen-bond acceptors (Lipinski definition) is 3. The van der Waals surface area contributed by atoms with E-state index in [-0.39, 0.29) is 0 Å². The maximum atomic E-state index is 5.92. The number of rotatable bonds is 4. The summed E-state index contributed by atoms with van der Waals surface area (Å²) < 4.78 is 0. The van der Waals surface area contributed by atoms with Gasteiger partial charge in [0.1, 0.15) is 0 Å². The highest BCUT2D eigenvalue weighted by Gasteiger charge is 2.25. The van der Waals surface area contributed by atoms with Gasteiger partial charge in [-0.05, 0) is 18.4 Å². The second-order valence-electron chi connectivity index (χ2n) is 6.12. The molecule has 0 saturated carbocycles. The molecule has 1 rings (SSSR count). The quantitative estimate of drug-likeness (QED) is 0.788. The van der Waals surface area contributed by atoms with Gasteiger partial charge in [-0.15, -0.1) is 0 Å². The van der Waals surface area contributed by atoms with E-state index in [1.54, 1.807) is 0 Å². The van der Waals surface area contributed by atoms with Crippen molar-refractivity contribution in [2.75, 3.05) is 39.3 Å². The summed E-state index contributed by atoms with van der Waals surface area (Å²) in [5, 5.41) is 0. The van der Waals surface area contributed by atoms with Gasteiger partial charge in [-0.3, -0.25) is 4.90 Å². The van der Waals surface area contributed by atoms with Crippen LogP contribution in [0, 0.1) is 5.41 Å². The molecule has 0 amide bonds. The molecule has 1 heterocycles. The van der Waals surface area contributed by atoms with E-state index in [1.165, 1.54) is 39.1 Å². The summed E-state index contributed by atoms with van der Waals surface area (Å²) in [5.74, 6) is 0. The molecule has 16 heavy (non-hydrogen) atoms. The molecule has 0 aromatic carbocycles. The molecule has 0 aromatic rings. The summed E-state index contributed by atoms with van der Waals surface area (Å²) in [7, 11) is 0. The van der Waals surface area contributed by atoms with E-state index in [4.69, 9.17) is 5.73 Å². The van der Waals surface area contributed by atoms with E-state index in [0.29, 0.717) is 11.5 Å². The maximum Gasteiger partial charge on any atom is 0.0224 e. The van der Waals surface area contributed by atoms with E-state index < -0.39 is 0 Å². The summed E-state index contributed by atoms with van der Waals surface area (Å²) in [4.78, 5) is 5.10. The van der Waals surface area contributed by atoms with Crippen molar-refractivity contribution in [3.8, 4) is 0 Å². The van der Waals surface area contributed by atoms with Crippen LogP contribution in [0.25, 0.3) is 0 Å². The third-order valence-electron chi connectivity index (χ3n) is 3.49. The zero-order valence-corrected chi connectivity index (χ0v) is 11.5. The Morgan fingerprint density at radius 1 is 1.12 bits per heavy atom. The first-order chi connectivity index (χ1) is 7.46. The molecule has 0 bridgehead atoms. The highest BCUT2D eigenvalue weighted by atomic mass is 15.3. The SMILES string of the molecule is CCN1CCN(C(CN)CC(C)(C)C)CC1. The van der Waals surface area contributed by atoms with Gasteiger partial charge in [-0.25, -0.2) is 0 Å². The standard InChI is InChI=1S/C13H29N3/c1-5-15-6-8-16(9-7-15)12(11-14)10-13(2,3)4/h12H,5-11,14H2,1-4H3. The highest BCUT2D eigenvalue weighted by Crippen LogP contribution is 2.23. The van der Waals surface area contributed by atoms with Gasteiger partial charge in [-0.2, -0.15) is 0 Å². The smallest absolute Gasteiger partial charge is 0.0224 e. The van der Waals surface area contributed by atoms with Gasteiger partial charge in [-0.1, -0.05) is 27.7 Å². The van der Waals surface area contributed by atoms with Crippen LogP contribution < -0.4 is 5.73 Å². The molecule has 1 aliphatic heterocycles. The van der Waals surface area contributed by atoms with Crippen molar-refractivity contribution in [1.82, 2.24) is 9.80 Å². The van der Waals surface area contributed by atoms with Crippen molar-refractivity contribution in [1.29, 1.82) is 0 Å². The van der Waals surface area contributed by atoms with Crippen molar-refractivity contribution in [3.63, 3.8) is 0 Å². The average Bonchev–Trinajstić information content (AvgIpc) is 2.25. The Morgan fingerprint density at radius 3 is 2.06 bits per heavy atom. The summed E-state index contributed by atoms with van der Waals surface area (Å²) in [6.45, 7) is 15.9. The summed E-state index contributed by atoms with van der Waals surface area (Å²) in [6, 6.07) is 0.569. The predicted octanol–water partition coefficient (Wildman–Crippen LogP) is 1.39. The van der Waals surface area contributed by atoms with Gasteiger partial charge in [0, 0.05) is 38.8 Å². The Labute approximate surface area is 101 Å². The highest BCUT2D eigenvalue weighted by molar-refractivity contribution is 4.82. The Kier molecular flexibility index (Phi) is 5.22. The monoisotopic (exact) mass is 227 g/mol. The Bertz CT molecular complexity index is 190. The number of likely N-dealkylation sites (N-methyl/N-ethyl adjacent to an activating group) is 1. The van der Waals surface area contributed by atoms with Gasteiger partial charge in [0.2, 0.25) is 0 Å². The molecule has 0 aromatic heterocycles. The molecule has 0 aliphatic carbocycles. The normalized spacial score (nSPS) is 22.3. The number of hydrogen-bond donors (Lipinski definition) is 1. The van der Waals surface area contributed by atoms with Crippen LogP contribution in [0.15, 0.2) is 0 Å². The van der Waals surface area contributed by atoms with Crippen LogP contribution in [0.3, 0.4) is 0 Å². The van der Waals surface area contributed by atoms with Gasteiger partial charge >= 0.3 is 0 Å². The fourth-order valence-corrected chi connectivity index (χ4v) is 2.51. The molecule has 3 heteroatoms. The minimum absolute atomic E-state index is 0.381. The first-order valence-electron chi connectivity index (χ1n) is 6.62. The van der Waals surface area contributed by atoms with Crippen molar-refractivity contribution in [3.05, 3.63) is 0 Å². The molecule has 96 valence electrons. The van der Waals surface area contributed by atoms with Gasteiger partial charge in [0.15, 0.2) is 0 Å². The third kappa shape index (κ3) is 4.40. The van der Waals surface area contributed by atoms with Crippen LogP contribution in [-0.4, -0.2) is 55.1 Å². The van der Waals surface area contributed by atoms with Crippen molar-refractivity contribution in [2.45, 2.75) is 40.2 Å². The van der Waals surface area contributed by atoms with Crippen LogP contribution >= 0.6 is 0 Å². The Morgan fingerprint density at radius 2 is 1.69 bits per heavy atom. The average molecular weight is 227 g/mol. The minimum Gasteiger partial charge on any atom is -0.329 e. The molecule has 0 spiro atoms. The van der Waals surface area contributed by atoms with Crippen molar-refractivity contribution < 1.29 is 0 Å². The molecular formula is C13H29N3. The van der Waals surface area contributed by atoms with E-state index in [9.17, 15) is 0 Å². The van der Waals surface area contributed by atoms with Crippen LogP contribution in [-0.2, 0) is 0 Å². The van der Waals surface area contributed by atoms with Crippen LogP contribution in [0.1, 0.15) is 34.1 Å². The molecule has 1 fully saturated rings. The Hall–Kier alpha value is -0.120. The fourth-order valence-electron chi connectivity index (χ4n) is 2.51. The molecule has 1 unspecified atom stereocenters. The lowest BCUT2D eigenvalue weighted by Crippen LogP contribution is -2.53. The second-order valence-corrected chi connectivity index (χ2v) is 6.12. The second kappa shape index (κ2) is 5.99. The molecular weight excluding hydrogens is 198 g/mol. The molecule has 0 radical (unpaired) electrons. The minimum atomic E-state index is 0.381. The number of nitrogens with zero attached hydrogens (tertiary/aromatic N) is 2. The zero-order valence-electron chi connectivity index (χ0n) is 11.5. The molecule has 1 aliphatic rings. The fraction of sp³-hybridized carbons (Fsp3) is 1.00. The lowest BCUT2D eigenvalue weighted by atomic mass is 9.87. The van der Waals surface area contributed by atoms with Crippen LogP contribution in [0.4, 0.5) is 0 Å². The molecule has 1 atom stereocenters. The van der Waals surface area contributed by atoms with Gasteiger partial charge < -0.3 is 10.6 Å². The lowest BCUT2D eigenvalue weighted by molar-refractivity contribution is 0.0824. The first kappa shape index (κ1) is 13.9. The van der Waals surface area contributed by atoms with Crippen molar-refractivity contribution in [2.24, 2.45) is 11.1 Å². The topological polar surface area (TPSA) is 32.5 Å². The first-order valence-corrected chi connectivity index (χ1v) is 6.62. The molecule has 1 saturated heterocycles. The lowest BCUT2D eigenvalue weighted by Gasteiger charge is -2.40. The maximum absolute atomic E-state index is 5.92. The summed E-state index contributed by atoms with van der Waals surface area (Å²) in [5.41, 5.74) is 6.30. The van der Waals surface area contributed by atoms with Gasteiger partial charge in [0.05, 0.1) is 0 Å². The van der Waals surface area contributed by atoms with E-state index in [0.717, 1.165) is 6.54 Å². The largest absolute Gasteiger partial charge is 0.329 e. The molecule has 2 N–H and O–H groups in total. The van der Waals surface area contributed by atoms with E-state index in [2.05, 4.69) is 37.5 Å². The summed E-state index contributed by atoms with van der Waals surface area (Å²) in [6.07, 6.45) is 1.20. The Balaban J connectivity index is 2.43. The zero-order chi connectivity index (χ0) is 12.2. The van der Waals surface area contributed by atoms with Crippen LogP contribution in [0.5, 0.6) is 0 Å².